The zero-order chi connectivity index (χ0) is 13.4. The molecule has 0 unspecified atom stereocenters. The van der Waals surface area contributed by atoms with E-state index < -0.39 is 5.97 Å². The predicted molar refractivity (Wildman–Crippen MR) is 64.6 cm³/mol. The van der Waals surface area contributed by atoms with Crippen molar-refractivity contribution < 1.29 is 19.1 Å². The molecule has 1 amide bonds. The molecule has 18 heavy (non-hydrogen) atoms. The molecule has 0 aliphatic heterocycles. The van der Waals surface area contributed by atoms with Gasteiger partial charge in [0, 0.05) is 13.5 Å². The first kappa shape index (κ1) is 13.9. The second-order valence-electron chi connectivity index (χ2n) is 3.71. The molecule has 0 radical (unpaired) electrons. The van der Waals surface area contributed by atoms with Crippen LogP contribution in [0.5, 0.6) is 0 Å². The van der Waals surface area contributed by atoms with E-state index in [1.165, 1.54) is 11.8 Å². The molecule has 96 valence electrons. The number of carbonyl (C=O) groups is 3. The number of aldehydes is 1. The van der Waals surface area contributed by atoms with E-state index in [1.807, 2.05) is 30.3 Å². The van der Waals surface area contributed by atoms with Gasteiger partial charge >= 0.3 is 5.97 Å². The fourth-order valence-corrected chi connectivity index (χ4v) is 1.40. The van der Waals surface area contributed by atoms with E-state index in [9.17, 15) is 14.4 Å². The summed E-state index contributed by atoms with van der Waals surface area (Å²) in [5, 5.41) is 0. The van der Waals surface area contributed by atoms with Gasteiger partial charge in [-0.1, -0.05) is 30.3 Å². The quantitative estimate of drug-likeness (QED) is 0.552. The monoisotopic (exact) mass is 249 g/mol. The van der Waals surface area contributed by atoms with E-state index in [-0.39, 0.29) is 19.1 Å². The summed E-state index contributed by atoms with van der Waals surface area (Å²) in [5.74, 6) is -0.907. The second kappa shape index (κ2) is 7.21. The first-order valence-corrected chi connectivity index (χ1v) is 5.52. The number of ether oxygens (including phenoxy) is 1. The molecule has 0 aliphatic rings. The van der Waals surface area contributed by atoms with E-state index in [0.717, 1.165) is 5.56 Å². The number of hydrogen-bond donors (Lipinski definition) is 0. The summed E-state index contributed by atoms with van der Waals surface area (Å²) in [6, 6.07) is 9.29. The number of hydrogen-bond acceptors (Lipinski definition) is 4. The van der Waals surface area contributed by atoms with Gasteiger partial charge in [0.25, 0.3) is 5.91 Å². The third kappa shape index (κ3) is 4.78. The Labute approximate surface area is 105 Å². The summed E-state index contributed by atoms with van der Waals surface area (Å²) >= 11 is 0. The minimum Gasteiger partial charge on any atom is -0.456 e. The van der Waals surface area contributed by atoms with Crippen molar-refractivity contribution in [3.8, 4) is 0 Å². The van der Waals surface area contributed by atoms with E-state index >= 15 is 0 Å². The fraction of sp³-hybridized carbons (Fsp3) is 0.308. The van der Waals surface area contributed by atoms with Crippen LogP contribution in [0.25, 0.3) is 0 Å². The van der Waals surface area contributed by atoms with Crippen LogP contribution in [0.2, 0.25) is 0 Å². The fourth-order valence-electron chi connectivity index (χ4n) is 1.40. The zero-order valence-corrected chi connectivity index (χ0v) is 10.2. The SMILES string of the molecule is CC(=O)OCC(=O)N(CC=O)Cc1ccccc1. The molecule has 0 atom stereocenters. The summed E-state index contributed by atoms with van der Waals surface area (Å²) < 4.78 is 4.62. The highest BCUT2D eigenvalue weighted by Crippen LogP contribution is 2.04. The van der Waals surface area contributed by atoms with Crippen LogP contribution in [0.3, 0.4) is 0 Å². The van der Waals surface area contributed by atoms with E-state index in [0.29, 0.717) is 12.8 Å². The third-order valence-electron chi connectivity index (χ3n) is 2.26. The summed E-state index contributed by atoms with van der Waals surface area (Å²) in [5.41, 5.74) is 0.913. The first-order valence-electron chi connectivity index (χ1n) is 5.52. The van der Waals surface area contributed by atoms with Crippen LogP contribution in [0, 0.1) is 0 Å². The second-order valence-corrected chi connectivity index (χ2v) is 3.71. The number of nitrogens with zero attached hydrogens (tertiary/aromatic N) is 1. The minimum atomic E-state index is -0.519. The topological polar surface area (TPSA) is 63.7 Å². The number of benzene rings is 1. The van der Waals surface area contributed by atoms with Crippen LogP contribution in [-0.2, 0) is 25.7 Å². The van der Waals surface area contributed by atoms with Crippen molar-refractivity contribution in [2.45, 2.75) is 13.5 Å². The Balaban J connectivity index is 2.61. The normalized spacial score (nSPS) is 9.61. The Bertz CT molecular complexity index is 416. The van der Waals surface area contributed by atoms with Crippen LogP contribution in [0.4, 0.5) is 0 Å². The van der Waals surface area contributed by atoms with Gasteiger partial charge in [0.05, 0.1) is 6.54 Å². The molecule has 0 fully saturated rings. The molecule has 0 saturated carbocycles. The molecule has 0 heterocycles. The Morgan fingerprint density at radius 2 is 1.94 bits per heavy atom. The summed E-state index contributed by atoms with van der Waals surface area (Å²) in [4.78, 5) is 34.2. The van der Waals surface area contributed by atoms with Crippen molar-refractivity contribution in [3.63, 3.8) is 0 Å². The highest BCUT2D eigenvalue weighted by atomic mass is 16.5. The third-order valence-corrected chi connectivity index (χ3v) is 2.26. The smallest absolute Gasteiger partial charge is 0.303 e. The lowest BCUT2D eigenvalue weighted by atomic mass is 10.2. The highest BCUT2D eigenvalue weighted by molar-refractivity contribution is 5.81. The molecule has 0 saturated heterocycles. The van der Waals surface area contributed by atoms with Gasteiger partial charge in [0.1, 0.15) is 6.29 Å². The van der Waals surface area contributed by atoms with Gasteiger partial charge in [-0.25, -0.2) is 0 Å². The molecular formula is C13H15NO4. The van der Waals surface area contributed by atoms with Gasteiger partial charge in [-0.2, -0.15) is 0 Å². The Hall–Kier alpha value is -2.17. The van der Waals surface area contributed by atoms with E-state index in [1.54, 1.807) is 0 Å². The molecule has 5 heteroatoms. The lowest BCUT2D eigenvalue weighted by Crippen LogP contribution is -2.35. The van der Waals surface area contributed by atoms with Crippen LogP contribution >= 0.6 is 0 Å². The van der Waals surface area contributed by atoms with Gasteiger partial charge in [-0.05, 0) is 5.56 Å². The average molecular weight is 249 g/mol. The van der Waals surface area contributed by atoms with Gasteiger partial charge < -0.3 is 14.4 Å². The molecular weight excluding hydrogens is 234 g/mol. The Morgan fingerprint density at radius 3 is 2.50 bits per heavy atom. The lowest BCUT2D eigenvalue weighted by Gasteiger charge is -2.19. The van der Waals surface area contributed by atoms with Crippen LogP contribution in [0.15, 0.2) is 30.3 Å². The summed E-state index contributed by atoms with van der Waals surface area (Å²) in [7, 11) is 0. The van der Waals surface area contributed by atoms with Crippen molar-refractivity contribution in [1.29, 1.82) is 0 Å². The maximum Gasteiger partial charge on any atom is 0.303 e. The van der Waals surface area contributed by atoms with Gasteiger partial charge in [0.15, 0.2) is 6.61 Å². The molecule has 0 bridgehead atoms. The Morgan fingerprint density at radius 1 is 1.28 bits per heavy atom. The predicted octanol–water partition coefficient (Wildman–Crippen LogP) is 0.777. The Kier molecular flexibility index (Phi) is 5.57. The largest absolute Gasteiger partial charge is 0.456 e. The number of rotatable bonds is 6. The molecule has 1 aromatic carbocycles. The minimum absolute atomic E-state index is 0.0189. The average Bonchev–Trinajstić information content (AvgIpc) is 2.36. The van der Waals surface area contributed by atoms with E-state index in [2.05, 4.69) is 4.74 Å². The van der Waals surface area contributed by atoms with Gasteiger partial charge in [-0.3, -0.25) is 9.59 Å². The highest BCUT2D eigenvalue weighted by Gasteiger charge is 2.14. The molecule has 0 N–H and O–H groups in total. The van der Waals surface area contributed by atoms with Crippen molar-refractivity contribution in [1.82, 2.24) is 4.90 Å². The van der Waals surface area contributed by atoms with Crippen molar-refractivity contribution in [3.05, 3.63) is 35.9 Å². The standard InChI is InChI=1S/C13H15NO4/c1-11(16)18-10-13(17)14(7-8-15)9-12-5-3-2-4-6-12/h2-6,8H,7,9-10H2,1H3. The van der Waals surface area contributed by atoms with Crippen LogP contribution < -0.4 is 0 Å². The van der Waals surface area contributed by atoms with Crippen molar-refractivity contribution >= 4 is 18.2 Å². The number of amides is 1. The lowest BCUT2D eigenvalue weighted by molar-refractivity contribution is -0.150. The number of esters is 1. The summed E-state index contributed by atoms with van der Waals surface area (Å²) in [6.07, 6.45) is 0.647. The zero-order valence-electron chi connectivity index (χ0n) is 10.2. The van der Waals surface area contributed by atoms with Crippen LogP contribution in [-0.4, -0.2) is 36.2 Å². The van der Waals surface area contributed by atoms with Crippen LogP contribution in [0.1, 0.15) is 12.5 Å². The van der Waals surface area contributed by atoms with E-state index in [4.69, 9.17) is 0 Å². The molecule has 1 rings (SSSR count). The number of carbonyl (C=O) groups excluding carboxylic acids is 3. The first-order chi connectivity index (χ1) is 8.63. The molecule has 0 aliphatic carbocycles. The molecule has 1 aromatic rings. The van der Waals surface area contributed by atoms with Crippen molar-refractivity contribution in [2.75, 3.05) is 13.2 Å². The van der Waals surface area contributed by atoms with Gasteiger partial charge in [0.2, 0.25) is 0 Å². The molecule has 0 spiro atoms. The summed E-state index contributed by atoms with van der Waals surface area (Å²) in [6.45, 7) is 1.19. The maximum atomic E-state index is 11.7. The maximum absolute atomic E-state index is 11.7. The molecule has 0 aromatic heterocycles. The molecule has 5 nitrogen and oxygen atoms in total. The van der Waals surface area contributed by atoms with Gasteiger partial charge in [-0.15, -0.1) is 0 Å². The van der Waals surface area contributed by atoms with Crippen molar-refractivity contribution in [2.24, 2.45) is 0 Å².